The molecule has 9 nitrogen and oxygen atoms in total. The van der Waals surface area contributed by atoms with Gasteiger partial charge in [-0.25, -0.2) is 4.79 Å². The third-order valence-electron chi connectivity index (χ3n) is 2.13. The minimum Gasteiger partial charge on any atom is -0.477 e. The van der Waals surface area contributed by atoms with E-state index in [9.17, 15) is 9.59 Å². The number of aromatic carboxylic acids is 1. The second-order valence-corrected chi connectivity index (χ2v) is 3.54. The quantitative estimate of drug-likeness (QED) is 0.717. The lowest BCUT2D eigenvalue weighted by molar-refractivity contribution is 0.0690. The minimum absolute atomic E-state index is 0.0481. The van der Waals surface area contributed by atoms with Crippen molar-refractivity contribution in [1.82, 2.24) is 15.4 Å². The van der Waals surface area contributed by atoms with Gasteiger partial charge in [-0.15, -0.1) is 0 Å². The molecule has 9 heteroatoms. The Morgan fingerprint density at radius 2 is 2.32 bits per heavy atom. The molecule has 0 aromatic carbocycles. The molecular formula is C10H10N4O5. The Morgan fingerprint density at radius 3 is 2.95 bits per heavy atom. The van der Waals surface area contributed by atoms with E-state index < -0.39 is 11.9 Å². The molecule has 100 valence electrons. The Hall–Kier alpha value is -2.68. The molecule has 0 radical (unpaired) electrons. The number of aromatic nitrogens is 3. The second kappa shape index (κ2) is 5.31. The Morgan fingerprint density at radius 1 is 1.53 bits per heavy atom. The summed E-state index contributed by atoms with van der Waals surface area (Å²) in [6, 6.07) is 2.61. The van der Waals surface area contributed by atoms with E-state index in [-0.39, 0.29) is 23.8 Å². The molecule has 0 fully saturated rings. The third-order valence-corrected chi connectivity index (χ3v) is 2.13. The van der Waals surface area contributed by atoms with E-state index in [0.717, 1.165) is 0 Å². The van der Waals surface area contributed by atoms with Gasteiger partial charge in [0.25, 0.3) is 5.91 Å². The number of carboxylic acid groups (broad SMARTS) is 1. The monoisotopic (exact) mass is 266 g/mol. The van der Waals surface area contributed by atoms with Crippen molar-refractivity contribution in [2.75, 3.05) is 12.4 Å². The Balaban J connectivity index is 2.04. The largest absolute Gasteiger partial charge is 0.477 e. The maximum atomic E-state index is 11.7. The highest BCUT2D eigenvalue weighted by molar-refractivity contribution is 6.02. The van der Waals surface area contributed by atoms with Crippen LogP contribution in [0.15, 0.2) is 16.7 Å². The van der Waals surface area contributed by atoms with Crippen molar-refractivity contribution in [3.05, 3.63) is 29.3 Å². The van der Waals surface area contributed by atoms with E-state index in [1.54, 1.807) is 0 Å². The van der Waals surface area contributed by atoms with Crippen molar-refractivity contribution >= 4 is 17.7 Å². The maximum absolute atomic E-state index is 11.7. The van der Waals surface area contributed by atoms with Crippen LogP contribution in [0.3, 0.4) is 0 Å². The van der Waals surface area contributed by atoms with Gasteiger partial charge in [0.2, 0.25) is 0 Å². The summed E-state index contributed by atoms with van der Waals surface area (Å²) in [7, 11) is 1.49. The molecule has 1 amide bonds. The molecule has 19 heavy (non-hydrogen) atoms. The summed E-state index contributed by atoms with van der Waals surface area (Å²) in [5.41, 5.74) is -0.0811. The first-order chi connectivity index (χ1) is 9.10. The van der Waals surface area contributed by atoms with Gasteiger partial charge in [-0.2, -0.15) is 5.10 Å². The molecular weight excluding hydrogens is 256 g/mol. The highest BCUT2D eigenvalue weighted by Gasteiger charge is 2.15. The molecule has 2 aromatic heterocycles. The van der Waals surface area contributed by atoms with Gasteiger partial charge in [0, 0.05) is 19.2 Å². The molecule has 2 aromatic rings. The van der Waals surface area contributed by atoms with E-state index in [2.05, 4.69) is 20.7 Å². The number of hydrogen-bond donors (Lipinski definition) is 3. The zero-order valence-corrected chi connectivity index (χ0v) is 9.84. The normalized spacial score (nSPS) is 10.4. The molecule has 2 heterocycles. The molecule has 0 unspecified atom stereocenters. The lowest BCUT2D eigenvalue weighted by atomic mass is 10.3. The summed E-state index contributed by atoms with van der Waals surface area (Å²) < 4.78 is 9.67. The zero-order valence-electron chi connectivity index (χ0n) is 9.84. The first kappa shape index (κ1) is 12.8. The van der Waals surface area contributed by atoms with Crippen LogP contribution in [0.25, 0.3) is 0 Å². The standard InChI is InChI=1S/C10H10N4O5/c1-18-4-5-2-6(14-19-5)9(15)11-8-3-7(10(16)17)12-13-8/h2-3H,4H2,1H3,(H,16,17)(H2,11,12,13,15). The third kappa shape index (κ3) is 2.96. The van der Waals surface area contributed by atoms with Crippen molar-refractivity contribution in [3.8, 4) is 0 Å². The van der Waals surface area contributed by atoms with Crippen molar-refractivity contribution in [2.45, 2.75) is 6.61 Å². The van der Waals surface area contributed by atoms with Gasteiger partial charge in [0.15, 0.2) is 17.3 Å². The van der Waals surface area contributed by atoms with E-state index in [1.807, 2.05) is 0 Å². The van der Waals surface area contributed by atoms with Crippen LogP contribution < -0.4 is 5.32 Å². The zero-order chi connectivity index (χ0) is 13.8. The fourth-order valence-corrected chi connectivity index (χ4v) is 1.31. The molecule has 0 aliphatic heterocycles. The fourth-order valence-electron chi connectivity index (χ4n) is 1.31. The molecule has 0 atom stereocenters. The van der Waals surface area contributed by atoms with Crippen LogP contribution >= 0.6 is 0 Å². The van der Waals surface area contributed by atoms with E-state index >= 15 is 0 Å². The van der Waals surface area contributed by atoms with Crippen LogP contribution in [0, 0.1) is 0 Å². The number of anilines is 1. The molecule has 0 aliphatic rings. The number of carbonyl (C=O) groups excluding carboxylic acids is 1. The van der Waals surface area contributed by atoms with Crippen molar-refractivity contribution in [2.24, 2.45) is 0 Å². The number of amides is 1. The topological polar surface area (TPSA) is 130 Å². The number of H-pyrrole nitrogens is 1. The lowest BCUT2D eigenvalue weighted by Gasteiger charge is -1.95. The van der Waals surface area contributed by atoms with Gasteiger partial charge in [-0.3, -0.25) is 9.89 Å². The van der Waals surface area contributed by atoms with Crippen LogP contribution in [-0.4, -0.2) is 39.4 Å². The lowest BCUT2D eigenvalue weighted by Crippen LogP contribution is -2.12. The van der Waals surface area contributed by atoms with Gasteiger partial charge < -0.3 is 19.7 Å². The molecule has 2 rings (SSSR count). The van der Waals surface area contributed by atoms with Gasteiger partial charge in [-0.1, -0.05) is 5.16 Å². The minimum atomic E-state index is -1.17. The van der Waals surface area contributed by atoms with Gasteiger partial charge >= 0.3 is 5.97 Å². The van der Waals surface area contributed by atoms with Gasteiger partial charge in [0.05, 0.1) is 0 Å². The smallest absolute Gasteiger partial charge is 0.353 e. The van der Waals surface area contributed by atoms with Crippen molar-refractivity contribution in [3.63, 3.8) is 0 Å². The SMILES string of the molecule is COCc1cc(C(=O)Nc2cc(C(=O)O)[nH]n2)no1. The van der Waals surface area contributed by atoms with E-state index in [4.69, 9.17) is 14.4 Å². The van der Waals surface area contributed by atoms with E-state index in [0.29, 0.717) is 5.76 Å². The van der Waals surface area contributed by atoms with Crippen molar-refractivity contribution in [1.29, 1.82) is 0 Å². The predicted octanol–water partition coefficient (Wildman–Crippen LogP) is 0.495. The summed E-state index contributed by atoms with van der Waals surface area (Å²) >= 11 is 0. The molecule has 0 saturated carbocycles. The average Bonchev–Trinajstić information content (AvgIpc) is 2.98. The number of rotatable bonds is 5. The first-order valence-electron chi connectivity index (χ1n) is 5.14. The number of ether oxygens (including phenoxy) is 1. The number of carboxylic acids is 1. The summed E-state index contributed by atoms with van der Waals surface area (Å²) in [6.07, 6.45) is 0. The molecule has 3 N–H and O–H groups in total. The Kier molecular flexibility index (Phi) is 3.57. The number of carbonyl (C=O) groups is 2. The van der Waals surface area contributed by atoms with E-state index in [1.165, 1.54) is 19.2 Å². The summed E-state index contributed by atoms with van der Waals surface area (Å²) in [4.78, 5) is 22.4. The Labute approximate surface area is 106 Å². The number of aromatic amines is 1. The number of nitrogens with one attached hydrogen (secondary N) is 2. The Bertz CT molecular complexity index is 603. The molecule has 0 spiro atoms. The first-order valence-corrected chi connectivity index (χ1v) is 5.14. The number of methoxy groups -OCH3 is 1. The van der Waals surface area contributed by atoms with Gasteiger partial charge in [0.1, 0.15) is 12.3 Å². The second-order valence-electron chi connectivity index (χ2n) is 3.54. The van der Waals surface area contributed by atoms with Crippen LogP contribution in [0.4, 0.5) is 5.82 Å². The van der Waals surface area contributed by atoms with Crippen LogP contribution in [0.5, 0.6) is 0 Å². The summed E-state index contributed by atoms with van der Waals surface area (Å²) in [5, 5.41) is 20.5. The number of hydrogen-bond acceptors (Lipinski definition) is 6. The van der Waals surface area contributed by atoms with Crippen LogP contribution in [-0.2, 0) is 11.3 Å². The fraction of sp³-hybridized carbons (Fsp3) is 0.200. The van der Waals surface area contributed by atoms with Crippen molar-refractivity contribution < 1.29 is 24.0 Å². The molecule has 0 aliphatic carbocycles. The summed E-state index contributed by atoms with van der Waals surface area (Å²) in [5.74, 6) is -1.24. The van der Waals surface area contributed by atoms with Crippen LogP contribution in [0.1, 0.15) is 26.7 Å². The predicted molar refractivity (Wildman–Crippen MR) is 60.7 cm³/mol. The molecule has 0 saturated heterocycles. The van der Waals surface area contributed by atoms with Gasteiger partial charge in [-0.05, 0) is 0 Å². The summed E-state index contributed by atoms with van der Waals surface area (Å²) in [6.45, 7) is 0.200. The number of nitrogens with zero attached hydrogens (tertiary/aromatic N) is 2. The molecule has 0 bridgehead atoms. The highest BCUT2D eigenvalue weighted by atomic mass is 16.5. The highest BCUT2D eigenvalue weighted by Crippen LogP contribution is 2.09. The average molecular weight is 266 g/mol. The van der Waals surface area contributed by atoms with Crippen LogP contribution in [0.2, 0.25) is 0 Å². The maximum Gasteiger partial charge on any atom is 0.353 e.